The summed E-state index contributed by atoms with van der Waals surface area (Å²) in [7, 11) is 1.55. The van der Waals surface area contributed by atoms with Crippen molar-refractivity contribution in [2.75, 3.05) is 25.6 Å². The summed E-state index contributed by atoms with van der Waals surface area (Å²) < 4.78 is 10.1. The standard InChI is InChI=1S/C21H29N3O4S/c1-5-6-14-7-8-15-16(11-14)29-21(23-15)24-19(25)18-12(2)17(13(3)22-18)20(26)28-10-9-27-4/h14,22H,5-11H2,1-4H3,(H,23,24,25). The van der Waals surface area contributed by atoms with E-state index >= 15 is 0 Å². The van der Waals surface area contributed by atoms with E-state index in [1.807, 2.05) is 0 Å². The lowest BCUT2D eigenvalue weighted by molar-refractivity contribution is 0.0387. The molecule has 0 spiro atoms. The van der Waals surface area contributed by atoms with Crippen molar-refractivity contribution < 1.29 is 19.1 Å². The number of rotatable bonds is 8. The Balaban J connectivity index is 1.70. The number of aromatic amines is 1. The maximum absolute atomic E-state index is 12.8. The molecule has 0 saturated carbocycles. The first-order valence-corrected chi connectivity index (χ1v) is 10.9. The lowest BCUT2D eigenvalue weighted by Crippen LogP contribution is -2.15. The average Bonchev–Trinajstić information content (AvgIpc) is 3.21. The van der Waals surface area contributed by atoms with Crippen molar-refractivity contribution in [1.82, 2.24) is 9.97 Å². The summed E-state index contributed by atoms with van der Waals surface area (Å²) in [4.78, 5) is 34.1. The Morgan fingerprint density at radius 3 is 2.83 bits per heavy atom. The van der Waals surface area contributed by atoms with Crippen molar-refractivity contribution in [3.8, 4) is 0 Å². The number of anilines is 1. The van der Waals surface area contributed by atoms with Crippen LogP contribution < -0.4 is 5.32 Å². The number of aryl methyl sites for hydroxylation is 2. The minimum absolute atomic E-state index is 0.171. The number of fused-ring (bicyclic) bond motifs is 1. The van der Waals surface area contributed by atoms with Crippen LogP contribution in [-0.2, 0) is 22.3 Å². The van der Waals surface area contributed by atoms with Crippen LogP contribution >= 0.6 is 11.3 Å². The van der Waals surface area contributed by atoms with Gasteiger partial charge in [-0.25, -0.2) is 9.78 Å². The molecule has 0 aromatic carbocycles. The predicted octanol–water partition coefficient (Wildman–Crippen LogP) is 4.05. The largest absolute Gasteiger partial charge is 0.460 e. The van der Waals surface area contributed by atoms with Crippen LogP contribution in [0.4, 0.5) is 5.13 Å². The van der Waals surface area contributed by atoms with E-state index in [-0.39, 0.29) is 12.5 Å². The molecule has 7 nitrogen and oxygen atoms in total. The molecule has 2 N–H and O–H groups in total. The van der Waals surface area contributed by atoms with Gasteiger partial charge in [-0.15, -0.1) is 11.3 Å². The maximum atomic E-state index is 12.8. The zero-order chi connectivity index (χ0) is 21.0. The minimum Gasteiger partial charge on any atom is -0.460 e. The fraction of sp³-hybridized carbons (Fsp3) is 0.571. The number of aromatic nitrogens is 2. The molecule has 1 amide bonds. The van der Waals surface area contributed by atoms with Crippen molar-refractivity contribution in [2.45, 2.75) is 52.9 Å². The first-order chi connectivity index (χ1) is 13.9. The van der Waals surface area contributed by atoms with Crippen LogP contribution in [0.5, 0.6) is 0 Å². The fourth-order valence-electron chi connectivity index (χ4n) is 3.88. The van der Waals surface area contributed by atoms with Crippen LogP contribution in [0.15, 0.2) is 0 Å². The summed E-state index contributed by atoms with van der Waals surface area (Å²) in [5.74, 6) is -0.0340. The third-order valence-electron chi connectivity index (χ3n) is 5.35. The molecule has 0 aliphatic heterocycles. The van der Waals surface area contributed by atoms with Crippen LogP contribution in [0.25, 0.3) is 0 Å². The topological polar surface area (TPSA) is 93.3 Å². The third kappa shape index (κ3) is 4.87. The van der Waals surface area contributed by atoms with Gasteiger partial charge in [0.25, 0.3) is 5.91 Å². The van der Waals surface area contributed by atoms with Gasteiger partial charge in [0.2, 0.25) is 0 Å². The van der Waals surface area contributed by atoms with Gasteiger partial charge in [0, 0.05) is 17.7 Å². The van der Waals surface area contributed by atoms with Crippen molar-refractivity contribution >= 4 is 28.3 Å². The number of hydrogen-bond acceptors (Lipinski definition) is 6. The fourth-order valence-corrected chi connectivity index (χ4v) is 5.00. The summed E-state index contributed by atoms with van der Waals surface area (Å²) in [5, 5.41) is 3.52. The summed E-state index contributed by atoms with van der Waals surface area (Å²) in [5.41, 5.74) is 3.05. The normalized spacial score (nSPS) is 15.8. The number of nitrogens with zero attached hydrogens (tertiary/aromatic N) is 1. The number of thiazole rings is 1. The number of methoxy groups -OCH3 is 1. The molecule has 2 aromatic rings. The molecular weight excluding hydrogens is 390 g/mol. The number of ether oxygens (including phenoxy) is 2. The number of esters is 1. The van der Waals surface area contributed by atoms with Gasteiger partial charge in [-0.05, 0) is 44.6 Å². The van der Waals surface area contributed by atoms with Gasteiger partial charge < -0.3 is 14.5 Å². The summed E-state index contributed by atoms with van der Waals surface area (Å²) >= 11 is 1.56. The Bertz CT molecular complexity index is 887. The highest BCUT2D eigenvalue weighted by Crippen LogP contribution is 2.34. The second-order valence-corrected chi connectivity index (χ2v) is 8.58. The average molecular weight is 420 g/mol. The van der Waals surface area contributed by atoms with Gasteiger partial charge in [-0.3, -0.25) is 10.1 Å². The van der Waals surface area contributed by atoms with E-state index in [4.69, 9.17) is 9.47 Å². The first kappa shape index (κ1) is 21.5. The Labute approximate surface area is 175 Å². The van der Waals surface area contributed by atoms with Gasteiger partial charge in [-0.2, -0.15) is 0 Å². The first-order valence-electron chi connectivity index (χ1n) is 10.1. The Hall–Kier alpha value is -2.19. The highest BCUT2D eigenvalue weighted by Gasteiger charge is 2.25. The molecule has 1 atom stereocenters. The second kappa shape index (κ2) is 9.54. The summed E-state index contributed by atoms with van der Waals surface area (Å²) in [6.07, 6.45) is 5.63. The number of amides is 1. The Morgan fingerprint density at radius 2 is 2.10 bits per heavy atom. The molecular formula is C21H29N3O4S. The molecule has 0 radical (unpaired) electrons. The molecule has 1 aliphatic rings. The molecule has 0 fully saturated rings. The van der Waals surface area contributed by atoms with Crippen LogP contribution in [0.3, 0.4) is 0 Å². The van der Waals surface area contributed by atoms with Gasteiger partial charge in [-0.1, -0.05) is 19.8 Å². The molecule has 3 rings (SSSR count). The smallest absolute Gasteiger partial charge is 0.340 e. The van der Waals surface area contributed by atoms with E-state index in [0.29, 0.717) is 34.3 Å². The monoisotopic (exact) mass is 419 g/mol. The van der Waals surface area contributed by atoms with Crippen molar-refractivity contribution in [1.29, 1.82) is 0 Å². The van der Waals surface area contributed by atoms with E-state index in [1.54, 1.807) is 32.3 Å². The maximum Gasteiger partial charge on any atom is 0.340 e. The lowest BCUT2D eigenvalue weighted by Gasteiger charge is -2.19. The minimum atomic E-state index is -0.459. The molecule has 0 bridgehead atoms. The molecule has 2 heterocycles. The SMILES string of the molecule is CCCC1CCc2nc(NC(=O)c3[nH]c(C)c(C(=O)OCCOC)c3C)sc2C1. The van der Waals surface area contributed by atoms with Gasteiger partial charge in [0.15, 0.2) is 5.13 Å². The molecule has 29 heavy (non-hydrogen) atoms. The van der Waals surface area contributed by atoms with Gasteiger partial charge in [0.1, 0.15) is 12.3 Å². The molecule has 8 heteroatoms. The number of nitrogens with one attached hydrogen (secondary N) is 2. The lowest BCUT2D eigenvalue weighted by atomic mass is 9.88. The van der Waals surface area contributed by atoms with Crippen molar-refractivity contribution in [3.63, 3.8) is 0 Å². The molecule has 0 saturated heterocycles. The molecule has 1 unspecified atom stereocenters. The number of H-pyrrole nitrogens is 1. The van der Waals surface area contributed by atoms with Crippen LogP contribution in [0.1, 0.15) is 68.9 Å². The highest BCUT2D eigenvalue weighted by atomic mass is 32.1. The number of carbonyl (C=O) groups excluding carboxylic acids is 2. The van der Waals surface area contributed by atoms with E-state index in [0.717, 1.165) is 24.5 Å². The third-order valence-corrected chi connectivity index (χ3v) is 6.38. The van der Waals surface area contributed by atoms with Gasteiger partial charge >= 0.3 is 5.97 Å². The molecule has 158 valence electrons. The molecule has 1 aliphatic carbocycles. The van der Waals surface area contributed by atoms with E-state index < -0.39 is 5.97 Å². The zero-order valence-corrected chi connectivity index (χ0v) is 18.3. The highest BCUT2D eigenvalue weighted by molar-refractivity contribution is 7.15. The zero-order valence-electron chi connectivity index (χ0n) is 17.5. The van der Waals surface area contributed by atoms with E-state index in [1.165, 1.54) is 24.1 Å². The Kier molecular flexibility index (Phi) is 7.08. The number of carbonyl (C=O) groups is 2. The number of hydrogen-bond donors (Lipinski definition) is 2. The van der Waals surface area contributed by atoms with Crippen molar-refractivity contribution in [2.24, 2.45) is 5.92 Å². The van der Waals surface area contributed by atoms with E-state index in [2.05, 4.69) is 22.2 Å². The van der Waals surface area contributed by atoms with Crippen LogP contribution in [0, 0.1) is 19.8 Å². The molecule has 2 aromatic heterocycles. The summed E-state index contributed by atoms with van der Waals surface area (Å²) in [6.45, 7) is 6.22. The second-order valence-electron chi connectivity index (χ2n) is 7.49. The predicted molar refractivity (Wildman–Crippen MR) is 113 cm³/mol. The van der Waals surface area contributed by atoms with E-state index in [9.17, 15) is 9.59 Å². The van der Waals surface area contributed by atoms with Crippen LogP contribution in [-0.4, -0.2) is 42.2 Å². The Morgan fingerprint density at radius 1 is 1.31 bits per heavy atom. The van der Waals surface area contributed by atoms with Gasteiger partial charge in [0.05, 0.1) is 17.9 Å². The quantitative estimate of drug-likeness (QED) is 0.497. The van der Waals surface area contributed by atoms with Crippen LogP contribution in [0.2, 0.25) is 0 Å². The van der Waals surface area contributed by atoms with Crippen molar-refractivity contribution in [3.05, 3.63) is 33.1 Å². The summed E-state index contributed by atoms with van der Waals surface area (Å²) in [6, 6.07) is 0.